The number of benzene rings is 1. The van der Waals surface area contributed by atoms with Crippen LogP contribution in [0.25, 0.3) is 11.3 Å². The summed E-state index contributed by atoms with van der Waals surface area (Å²) in [6.45, 7) is 7.35. The molecule has 1 aromatic carbocycles. The second kappa shape index (κ2) is 10.8. The third kappa shape index (κ3) is 6.22. The molecule has 0 unspecified atom stereocenters. The van der Waals surface area contributed by atoms with Crippen molar-refractivity contribution in [3.8, 4) is 22.8 Å². The summed E-state index contributed by atoms with van der Waals surface area (Å²) in [5.74, 6) is 1.57. The van der Waals surface area contributed by atoms with Crippen LogP contribution in [0.2, 0.25) is 0 Å². The molecule has 3 aromatic rings. The van der Waals surface area contributed by atoms with E-state index in [0.29, 0.717) is 43.5 Å². The second-order valence-corrected chi connectivity index (χ2v) is 9.43. The summed E-state index contributed by atoms with van der Waals surface area (Å²) < 4.78 is 24.4. The predicted molar refractivity (Wildman–Crippen MR) is 133 cm³/mol. The van der Waals surface area contributed by atoms with E-state index in [1.165, 1.54) is 0 Å². The molecule has 1 aliphatic heterocycles. The van der Waals surface area contributed by atoms with Crippen LogP contribution in [0.5, 0.6) is 11.5 Å². The lowest BCUT2D eigenvalue weighted by atomic mass is 10.2. The van der Waals surface area contributed by atoms with Crippen LogP contribution in [-0.4, -0.2) is 76.1 Å². The van der Waals surface area contributed by atoms with Crippen molar-refractivity contribution in [1.82, 2.24) is 24.9 Å². The first-order valence-electron chi connectivity index (χ1n) is 11.7. The van der Waals surface area contributed by atoms with Gasteiger partial charge in [0, 0.05) is 12.1 Å². The Morgan fingerprint density at radius 2 is 1.97 bits per heavy atom. The number of rotatable bonds is 7. The maximum atomic E-state index is 12.5. The Morgan fingerprint density at radius 3 is 2.64 bits per heavy atom. The van der Waals surface area contributed by atoms with E-state index in [-0.39, 0.29) is 18.8 Å². The van der Waals surface area contributed by atoms with Crippen LogP contribution in [0.4, 0.5) is 10.6 Å². The maximum absolute atomic E-state index is 12.5. The van der Waals surface area contributed by atoms with Gasteiger partial charge in [-0.2, -0.15) is 15.3 Å². The molecule has 1 fully saturated rings. The lowest BCUT2D eigenvalue weighted by Crippen LogP contribution is -2.49. The number of methoxy groups -OCH3 is 1. The van der Waals surface area contributed by atoms with Gasteiger partial charge in [-0.3, -0.25) is 0 Å². The number of anilines is 1. The van der Waals surface area contributed by atoms with Gasteiger partial charge in [0.05, 0.1) is 39.2 Å². The maximum Gasteiger partial charge on any atom is 0.410 e. The fourth-order valence-corrected chi connectivity index (χ4v) is 3.73. The Labute approximate surface area is 210 Å². The number of aromatic nitrogens is 4. The molecule has 11 heteroatoms. The van der Waals surface area contributed by atoms with Crippen LogP contribution < -0.4 is 15.2 Å². The van der Waals surface area contributed by atoms with Crippen molar-refractivity contribution in [2.75, 3.05) is 39.1 Å². The van der Waals surface area contributed by atoms with E-state index in [0.717, 1.165) is 16.9 Å². The molecule has 2 aromatic heterocycles. The first-order chi connectivity index (χ1) is 17.2. The average Bonchev–Trinajstić information content (AvgIpc) is 3.17. The molecule has 0 spiro atoms. The fraction of sp³-hybridized carbons (Fsp3) is 0.440. The fourth-order valence-electron chi connectivity index (χ4n) is 3.73. The van der Waals surface area contributed by atoms with Crippen molar-refractivity contribution in [3.63, 3.8) is 0 Å². The highest BCUT2D eigenvalue weighted by atomic mass is 16.6. The van der Waals surface area contributed by atoms with E-state index in [4.69, 9.17) is 29.8 Å². The lowest BCUT2D eigenvalue weighted by Gasteiger charge is -2.34. The van der Waals surface area contributed by atoms with Crippen LogP contribution >= 0.6 is 0 Å². The molecular weight excluding hydrogens is 464 g/mol. The summed E-state index contributed by atoms with van der Waals surface area (Å²) in [7, 11) is 1.63. The van der Waals surface area contributed by atoms with Crippen molar-refractivity contribution in [2.24, 2.45) is 0 Å². The van der Waals surface area contributed by atoms with Crippen LogP contribution in [0.3, 0.4) is 0 Å². The van der Waals surface area contributed by atoms with E-state index >= 15 is 0 Å². The zero-order valence-electron chi connectivity index (χ0n) is 21.0. The van der Waals surface area contributed by atoms with Crippen molar-refractivity contribution in [1.29, 1.82) is 0 Å². The number of hydrogen-bond donors (Lipinski definition) is 1. The molecule has 192 valence electrons. The van der Waals surface area contributed by atoms with Crippen molar-refractivity contribution in [2.45, 2.75) is 39.0 Å². The Morgan fingerprint density at radius 1 is 1.19 bits per heavy atom. The molecular formula is C25H32N6O5. The Kier molecular flexibility index (Phi) is 7.58. The van der Waals surface area contributed by atoms with Gasteiger partial charge in [0.1, 0.15) is 29.8 Å². The highest BCUT2D eigenvalue weighted by Gasteiger charge is 2.29. The first kappa shape index (κ1) is 25.2. The molecule has 0 aliphatic carbocycles. The van der Waals surface area contributed by atoms with Gasteiger partial charge in [0.25, 0.3) is 0 Å². The Bertz CT molecular complexity index is 1160. The van der Waals surface area contributed by atoms with E-state index < -0.39 is 5.60 Å². The van der Waals surface area contributed by atoms with Gasteiger partial charge in [0.2, 0.25) is 0 Å². The highest BCUT2D eigenvalue weighted by Crippen LogP contribution is 2.35. The van der Waals surface area contributed by atoms with E-state index in [2.05, 4.69) is 10.2 Å². The summed E-state index contributed by atoms with van der Waals surface area (Å²) in [4.78, 5) is 14.1. The van der Waals surface area contributed by atoms with Gasteiger partial charge in [-0.25, -0.2) is 9.48 Å². The molecule has 11 nitrogen and oxygen atoms in total. The molecule has 0 saturated carbocycles. The number of morpholine rings is 1. The number of carbonyl (C=O) groups excluding carboxylic acids is 1. The number of nitrogens with two attached hydrogens (primary N) is 1. The number of carbonyl (C=O) groups is 1. The monoisotopic (exact) mass is 496 g/mol. The molecule has 1 aliphatic rings. The third-order valence-electron chi connectivity index (χ3n) is 5.50. The molecule has 36 heavy (non-hydrogen) atoms. The standard InChI is InChI=1S/C25H32N6O5/c1-25(2,3)36-24(32)30-11-12-34-20(15-30)16-35-22-21(18-9-10-27-28-13-18)29-31(23(22)26)14-17-5-7-19(33-4)8-6-17/h5-10,13,20H,11-12,14-16,26H2,1-4H3/t20-/m0/s1. The quantitative estimate of drug-likeness (QED) is 0.525. The minimum Gasteiger partial charge on any atom is -0.497 e. The summed E-state index contributed by atoms with van der Waals surface area (Å²) in [6.07, 6.45) is 2.47. The topological polar surface area (TPSA) is 127 Å². The van der Waals surface area contributed by atoms with Crippen molar-refractivity contribution >= 4 is 11.9 Å². The average molecular weight is 497 g/mol. The van der Waals surface area contributed by atoms with Crippen LogP contribution in [0.1, 0.15) is 26.3 Å². The van der Waals surface area contributed by atoms with E-state index in [1.807, 2.05) is 45.0 Å². The van der Waals surface area contributed by atoms with E-state index in [1.54, 1.807) is 35.2 Å². The van der Waals surface area contributed by atoms with Gasteiger partial charge < -0.3 is 29.6 Å². The minimum atomic E-state index is -0.568. The molecule has 1 atom stereocenters. The Hall–Kier alpha value is -3.86. The molecule has 1 amide bonds. The van der Waals surface area contributed by atoms with Crippen molar-refractivity contribution < 1.29 is 23.7 Å². The highest BCUT2D eigenvalue weighted by molar-refractivity contribution is 5.72. The molecule has 1 saturated heterocycles. The second-order valence-electron chi connectivity index (χ2n) is 9.43. The number of nitrogen functional groups attached to an aromatic ring is 1. The molecule has 4 rings (SSSR count). The zero-order chi connectivity index (χ0) is 25.7. The normalized spacial score (nSPS) is 16.0. The summed E-state index contributed by atoms with van der Waals surface area (Å²) in [5, 5.41) is 12.5. The Balaban J connectivity index is 1.51. The van der Waals surface area contributed by atoms with Gasteiger partial charge in [-0.15, -0.1) is 0 Å². The summed E-state index contributed by atoms with van der Waals surface area (Å²) in [6, 6.07) is 9.47. The molecule has 3 heterocycles. The van der Waals surface area contributed by atoms with Gasteiger partial charge in [-0.05, 0) is 44.5 Å². The van der Waals surface area contributed by atoms with Crippen LogP contribution in [-0.2, 0) is 16.0 Å². The largest absolute Gasteiger partial charge is 0.497 e. The number of ether oxygens (including phenoxy) is 4. The van der Waals surface area contributed by atoms with Crippen LogP contribution in [0, 0.1) is 0 Å². The molecule has 0 radical (unpaired) electrons. The summed E-state index contributed by atoms with van der Waals surface area (Å²) in [5.41, 5.74) is 8.20. The predicted octanol–water partition coefficient (Wildman–Crippen LogP) is 2.99. The lowest BCUT2D eigenvalue weighted by molar-refractivity contribution is -0.0555. The van der Waals surface area contributed by atoms with Crippen LogP contribution in [0.15, 0.2) is 42.7 Å². The smallest absolute Gasteiger partial charge is 0.410 e. The number of amides is 1. The van der Waals surface area contributed by atoms with Gasteiger partial charge in [0.15, 0.2) is 11.6 Å². The van der Waals surface area contributed by atoms with Gasteiger partial charge in [-0.1, -0.05) is 12.1 Å². The molecule has 0 bridgehead atoms. The first-order valence-corrected chi connectivity index (χ1v) is 11.7. The third-order valence-corrected chi connectivity index (χ3v) is 5.50. The van der Waals surface area contributed by atoms with Gasteiger partial charge >= 0.3 is 6.09 Å². The number of hydrogen-bond acceptors (Lipinski definition) is 9. The molecule has 2 N–H and O–H groups in total. The SMILES string of the molecule is COc1ccc(Cn2nc(-c3ccnnc3)c(OC[C@@H]3CN(C(=O)OC(C)(C)C)CCO3)c2N)cc1. The number of nitrogens with zero attached hydrogens (tertiary/aromatic N) is 5. The minimum absolute atomic E-state index is 0.184. The van der Waals surface area contributed by atoms with E-state index in [9.17, 15) is 4.79 Å². The van der Waals surface area contributed by atoms with Crippen molar-refractivity contribution in [3.05, 3.63) is 48.3 Å². The zero-order valence-corrected chi connectivity index (χ0v) is 21.0. The summed E-state index contributed by atoms with van der Waals surface area (Å²) >= 11 is 0.